The van der Waals surface area contributed by atoms with Gasteiger partial charge in [0.2, 0.25) is 0 Å². The Morgan fingerprint density at radius 3 is 2.45 bits per heavy atom. The number of amides is 1. The van der Waals surface area contributed by atoms with Crippen LogP contribution in [0.1, 0.15) is 29.2 Å². The number of ether oxygens (including phenoxy) is 1. The van der Waals surface area contributed by atoms with Crippen LogP contribution < -0.4 is 10.1 Å². The minimum absolute atomic E-state index is 0.110. The van der Waals surface area contributed by atoms with E-state index in [1.807, 2.05) is 56.3 Å². The molecule has 1 N–H and O–H groups in total. The molecule has 0 unspecified atom stereocenters. The lowest BCUT2D eigenvalue weighted by Crippen LogP contribution is -2.36. The van der Waals surface area contributed by atoms with E-state index in [0.717, 1.165) is 16.9 Å². The largest absolute Gasteiger partial charge is 0.481 e. The minimum atomic E-state index is -0.522. The minimum Gasteiger partial charge on any atom is -0.481 e. The van der Waals surface area contributed by atoms with Crippen LogP contribution >= 0.6 is 0 Å². The van der Waals surface area contributed by atoms with Crippen LogP contribution in [0.3, 0.4) is 0 Å². The van der Waals surface area contributed by atoms with Crippen LogP contribution in [0.15, 0.2) is 42.5 Å². The van der Waals surface area contributed by atoms with Gasteiger partial charge < -0.3 is 10.1 Å². The number of nitrogens with one attached hydrogen (secondary N) is 1. The summed E-state index contributed by atoms with van der Waals surface area (Å²) >= 11 is 0. The second-order valence-corrected chi connectivity index (χ2v) is 5.65. The molecule has 22 heavy (non-hydrogen) atoms. The van der Waals surface area contributed by atoms with Crippen molar-refractivity contribution in [1.82, 2.24) is 5.32 Å². The Hall–Kier alpha value is -2.29. The van der Waals surface area contributed by atoms with Gasteiger partial charge in [-0.3, -0.25) is 4.79 Å². The molecule has 2 aromatic carbocycles. The van der Waals surface area contributed by atoms with E-state index in [2.05, 4.69) is 12.2 Å². The number of carbonyl (C=O) groups excluding carboxylic acids is 1. The highest BCUT2D eigenvalue weighted by molar-refractivity contribution is 5.80. The van der Waals surface area contributed by atoms with Crippen LogP contribution in [0.4, 0.5) is 0 Å². The van der Waals surface area contributed by atoms with Gasteiger partial charge in [-0.1, -0.05) is 30.3 Å². The van der Waals surface area contributed by atoms with Crippen molar-refractivity contribution in [1.29, 1.82) is 0 Å². The standard InChI is InChI=1S/C19H23NO2/c1-13-9-10-18(11-15(13)3)22-16(4)19(21)20-12-17-8-6-5-7-14(17)2/h5-11,16H,12H2,1-4H3,(H,20,21)/t16-/m0/s1. The lowest BCUT2D eigenvalue weighted by molar-refractivity contribution is -0.127. The molecule has 0 heterocycles. The highest BCUT2D eigenvalue weighted by Gasteiger charge is 2.14. The molecule has 1 amide bonds. The fourth-order valence-electron chi connectivity index (χ4n) is 2.18. The Balaban J connectivity index is 1.92. The average molecular weight is 297 g/mol. The van der Waals surface area contributed by atoms with Crippen molar-refractivity contribution >= 4 is 5.91 Å². The second-order valence-electron chi connectivity index (χ2n) is 5.65. The van der Waals surface area contributed by atoms with E-state index >= 15 is 0 Å². The van der Waals surface area contributed by atoms with Crippen molar-refractivity contribution in [2.75, 3.05) is 0 Å². The average Bonchev–Trinajstić information content (AvgIpc) is 2.50. The SMILES string of the molecule is Cc1ccc(O[C@@H](C)C(=O)NCc2ccccc2C)cc1C. The molecule has 3 heteroatoms. The van der Waals surface area contributed by atoms with Crippen LogP contribution in [-0.4, -0.2) is 12.0 Å². The fourth-order valence-corrected chi connectivity index (χ4v) is 2.18. The van der Waals surface area contributed by atoms with Gasteiger partial charge in [0.1, 0.15) is 5.75 Å². The van der Waals surface area contributed by atoms with E-state index in [0.29, 0.717) is 6.54 Å². The molecule has 2 aromatic rings. The smallest absolute Gasteiger partial charge is 0.261 e. The number of hydrogen-bond acceptors (Lipinski definition) is 2. The number of carbonyl (C=O) groups is 1. The van der Waals surface area contributed by atoms with Gasteiger partial charge in [-0.25, -0.2) is 0 Å². The van der Waals surface area contributed by atoms with Crippen LogP contribution in [0, 0.1) is 20.8 Å². The van der Waals surface area contributed by atoms with Gasteiger partial charge >= 0.3 is 0 Å². The van der Waals surface area contributed by atoms with E-state index in [9.17, 15) is 4.79 Å². The quantitative estimate of drug-likeness (QED) is 0.914. The number of aryl methyl sites for hydroxylation is 3. The molecule has 3 nitrogen and oxygen atoms in total. The molecule has 0 radical (unpaired) electrons. The topological polar surface area (TPSA) is 38.3 Å². The summed E-state index contributed by atoms with van der Waals surface area (Å²) in [6.45, 7) is 8.41. The van der Waals surface area contributed by atoms with E-state index < -0.39 is 6.10 Å². The van der Waals surface area contributed by atoms with E-state index in [1.54, 1.807) is 6.92 Å². The highest BCUT2D eigenvalue weighted by atomic mass is 16.5. The molecule has 0 fully saturated rings. The first-order valence-corrected chi connectivity index (χ1v) is 7.53. The maximum absolute atomic E-state index is 12.1. The molecule has 1 atom stereocenters. The van der Waals surface area contributed by atoms with Crippen LogP contribution in [0.2, 0.25) is 0 Å². The lowest BCUT2D eigenvalue weighted by Gasteiger charge is -2.16. The molecule has 0 bridgehead atoms. The molecule has 0 saturated carbocycles. The Morgan fingerprint density at radius 1 is 1.05 bits per heavy atom. The Labute approximate surface area is 132 Å². The normalized spacial score (nSPS) is 11.8. The first-order valence-electron chi connectivity index (χ1n) is 7.53. The molecule has 0 aliphatic rings. The van der Waals surface area contributed by atoms with Crippen LogP contribution in [0.5, 0.6) is 5.75 Å². The zero-order valence-corrected chi connectivity index (χ0v) is 13.6. The summed E-state index contributed by atoms with van der Waals surface area (Å²) in [5, 5.41) is 2.92. The molecule has 0 aliphatic heterocycles. The molecule has 116 valence electrons. The molecule has 0 spiro atoms. The zero-order valence-electron chi connectivity index (χ0n) is 13.6. The fraction of sp³-hybridized carbons (Fsp3) is 0.316. The third-order valence-electron chi connectivity index (χ3n) is 3.87. The van der Waals surface area contributed by atoms with Crippen molar-refractivity contribution in [3.63, 3.8) is 0 Å². The van der Waals surface area contributed by atoms with Crippen molar-refractivity contribution in [2.24, 2.45) is 0 Å². The maximum atomic E-state index is 12.1. The van der Waals surface area contributed by atoms with Crippen molar-refractivity contribution < 1.29 is 9.53 Å². The summed E-state index contributed by atoms with van der Waals surface area (Å²) in [5.41, 5.74) is 4.66. The second kappa shape index (κ2) is 7.12. The Kier molecular flexibility index (Phi) is 5.21. The summed E-state index contributed by atoms with van der Waals surface area (Å²) in [4.78, 5) is 12.1. The maximum Gasteiger partial charge on any atom is 0.261 e. The van der Waals surface area contributed by atoms with Gasteiger partial charge in [0.25, 0.3) is 5.91 Å². The highest BCUT2D eigenvalue weighted by Crippen LogP contribution is 2.17. The number of benzene rings is 2. The number of rotatable bonds is 5. The monoisotopic (exact) mass is 297 g/mol. The van der Waals surface area contributed by atoms with Gasteiger partial charge in [-0.05, 0) is 62.1 Å². The predicted octanol–water partition coefficient (Wildman–Crippen LogP) is 3.70. The van der Waals surface area contributed by atoms with E-state index in [4.69, 9.17) is 4.74 Å². The predicted molar refractivity (Wildman–Crippen MR) is 89.0 cm³/mol. The molecule has 0 saturated heterocycles. The van der Waals surface area contributed by atoms with Crippen LogP contribution in [-0.2, 0) is 11.3 Å². The Bertz CT molecular complexity index is 664. The Morgan fingerprint density at radius 2 is 1.77 bits per heavy atom. The zero-order chi connectivity index (χ0) is 16.1. The van der Waals surface area contributed by atoms with Gasteiger partial charge in [0, 0.05) is 6.54 Å². The summed E-state index contributed by atoms with van der Waals surface area (Å²) in [6.07, 6.45) is -0.522. The van der Waals surface area contributed by atoms with Crippen molar-refractivity contribution in [2.45, 2.75) is 40.3 Å². The van der Waals surface area contributed by atoms with Gasteiger partial charge in [-0.15, -0.1) is 0 Å². The first-order chi connectivity index (χ1) is 10.5. The third kappa shape index (κ3) is 4.10. The van der Waals surface area contributed by atoms with Crippen molar-refractivity contribution in [3.8, 4) is 5.75 Å². The molecule has 0 aliphatic carbocycles. The van der Waals surface area contributed by atoms with Gasteiger partial charge in [0.15, 0.2) is 6.10 Å². The number of hydrogen-bond donors (Lipinski definition) is 1. The summed E-state index contributed by atoms with van der Waals surface area (Å²) in [6, 6.07) is 13.9. The van der Waals surface area contributed by atoms with Crippen molar-refractivity contribution in [3.05, 3.63) is 64.7 Å². The summed E-state index contributed by atoms with van der Waals surface area (Å²) in [7, 11) is 0. The van der Waals surface area contributed by atoms with Gasteiger partial charge in [-0.2, -0.15) is 0 Å². The molecular formula is C19H23NO2. The van der Waals surface area contributed by atoms with E-state index in [-0.39, 0.29) is 5.91 Å². The lowest BCUT2D eigenvalue weighted by atomic mass is 10.1. The third-order valence-corrected chi connectivity index (χ3v) is 3.87. The molecule has 0 aromatic heterocycles. The molecular weight excluding hydrogens is 274 g/mol. The first kappa shape index (κ1) is 16.1. The van der Waals surface area contributed by atoms with Crippen LogP contribution in [0.25, 0.3) is 0 Å². The summed E-state index contributed by atoms with van der Waals surface area (Å²) in [5.74, 6) is 0.614. The summed E-state index contributed by atoms with van der Waals surface area (Å²) < 4.78 is 5.72. The molecule has 2 rings (SSSR count). The van der Waals surface area contributed by atoms with Gasteiger partial charge in [0.05, 0.1) is 0 Å². The van der Waals surface area contributed by atoms with E-state index in [1.165, 1.54) is 11.1 Å².